The molecule has 12 aromatic carbocycles. The molecule has 10 nitrogen and oxygen atoms in total. The van der Waals surface area contributed by atoms with Gasteiger partial charge in [0.05, 0.1) is 0 Å². The van der Waals surface area contributed by atoms with E-state index >= 15 is 0 Å². The Bertz CT molecular complexity index is 4720. The minimum absolute atomic E-state index is 0.117. The first-order valence-corrected chi connectivity index (χ1v) is 43.0. The molecule has 0 amide bonds. The van der Waals surface area contributed by atoms with Crippen molar-refractivity contribution in [1.29, 1.82) is 0 Å². The maximum absolute atomic E-state index is 9.99. The molecular weight excluding hydrogens is 1470 g/mol. The zero-order valence-corrected chi connectivity index (χ0v) is 70.7. The zero-order chi connectivity index (χ0) is 84.3. The van der Waals surface area contributed by atoms with Crippen LogP contribution in [0.4, 0.5) is 0 Å². The fourth-order valence-corrected chi connectivity index (χ4v) is 21.4. The molecule has 4 aliphatic carbocycles. The summed E-state index contributed by atoms with van der Waals surface area (Å²) in [7, 11) is 0. The van der Waals surface area contributed by atoms with Gasteiger partial charge in [-0.2, -0.15) is 0 Å². The molecule has 119 heavy (non-hydrogen) atoms. The third-order valence-electron chi connectivity index (χ3n) is 29.6. The van der Waals surface area contributed by atoms with Crippen LogP contribution in [-0.2, 0) is 37.9 Å². The summed E-state index contributed by atoms with van der Waals surface area (Å²) in [4.78, 5) is 0. The molecule has 0 atom stereocenters. The highest BCUT2D eigenvalue weighted by Gasteiger charge is 2.50. The second-order valence-corrected chi connectivity index (χ2v) is 37.4. The Hall–Kier alpha value is -11.4. The number of phenols is 10. The predicted molar refractivity (Wildman–Crippen MR) is 480 cm³/mol. The molecule has 0 aromatic heterocycles. The maximum atomic E-state index is 9.99. The largest absolute Gasteiger partial charge is 0.508 e. The van der Waals surface area contributed by atoms with Crippen molar-refractivity contribution in [1.82, 2.24) is 0 Å². The van der Waals surface area contributed by atoms with E-state index in [4.69, 9.17) is 0 Å². The van der Waals surface area contributed by atoms with Crippen molar-refractivity contribution in [2.24, 2.45) is 29.1 Å². The number of hydrogen-bond acceptors (Lipinski definition) is 10. The molecule has 0 radical (unpaired) electrons. The first-order chi connectivity index (χ1) is 56.8. The van der Waals surface area contributed by atoms with Gasteiger partial charge in [0.2, 0.25) is 0 Å². The maximum Gasteiger partial charge on any atom is 0.115 e. The van der Waals surface area contributed by atoms with Crippen molar-refractivity contribution >= 4 is 0 Å². The molecule has 0 aliphatic heterocycles. The molecule has 10 N–H and O–H groups in total. The second-order valence-electron chi connectivity index (χ2n) is 37.4. The van der Waals surface area contributed by atoms with Crippen LogP contribution in [0.1, 0.15) is 242 Å². The zero-order valence-electron chi connectivity index (χ0n) is 70.7. The molecule has 4 saturated carbocycles. The van der Waals surface area contributed by atoms with Gasteiger partial charge in [-0.15, -0.1) is 0 Å². The van der Waals surface area contributed by atoms with E-state index in [9.17, 15) is 51.1 Å². The van der Waals surface area contributed by atoms with Gasteiger partial charge in [-0.05, 0) is 338 Å². The van der Waals surface area contributed by atoms with Gasteiger partial charge in [0.25, 0.3) is 0 Å². The summed E-state index contributed by atoms with van der Waals surface area (Å²) in [6, 6.07) is 92.7. The second kappa shape index (κ2) is 34.2. The van der Waals surface area contributed by atoms with Gasteiger partial charge in [-0.25, -0.2) is 0 Å². The fraction of sp³-hybridized carbons (Fsp3) is 0.339. The van der Waals surface area contributed by atoms with Crippen LogP contribution in [0.3, 0.4) is 0 Å². The van der Waals surface area contributed by atoms with E-state index in [0.29, 0.717) is 23.7 Å². The molecule has 0 spiro atoms. The van der Waals surface area contributed by atoms with Gasteiger partial charge < -0.3 is 51.1 Å². The number of aromatic hydroxyl groups is 10. The summed E-state index contributed by atoms with van der Waals surface area (Å²) in [6.07, 6.45) is 17.5. The molecule has 10 heteroatoms. The molecule has 0 heterocycles. The van der Waals surface area contributed by atoms with Gasteiger partial charge >= 0.3 is 0 Å². The van der Waals surface area contributed by atoms with Gasteiger partial charge in [0.15, 0.2) is 0 Å². The number of hydrogen-bond donors (Lipinski definition) is 10. The van der Waals surface area contributed by atoms with Crippen molar-refractivity contribution in [2.45, 2.75) is 203 Å². The van der Waals surface area contributed by atoms with Crippen molar-refractivity contribution in [3.63, 3.8) is 0 Å². The summed E-state index contributed by atoms with van der Waals surface area (Å²) < 4.78 is 0. The lowest BCUT2D eigenvalue weighted by atomic mass is 9.53. The highest BCUT2D eigenvalue weighted by atomic mass is 16.3. The minimum atomic E-state index is -0.271. The smallest absolute Gasteiger partial charge is 0.115 e. The SMILES string of the molecule is CC(C)(C1CCC(c2ccc(O)cc2)(c2ccc(O)cc2)CC1)C1CCC(c2ccc(O)cc2)(c2ccc(O)cc2)CC1.Cc1ccc(C(C)(C)c2cc(C(C)(C)c3ccc(O)cc3)cc(C(C)(C)c3ccc(O)cc3)c2)cc1.Oc1ccc(C2(c3ccc(O)cc3)CCC(C3CCC(c4ccc(O)cc4)(c4ccc(O)cc4)CC3)CC2)cc1. The number of phenolic OH excluding ortho intramolecular Hbond substituents is 10. The van der Waals surface area contributed by atoms with Crippen LogP contribution in [0, 0.1) is 36.0 Å². The van der Waals surface area contributed by atoms with Crippen LogP contribution in [0.5, 0.6) is 57.5 Å². The lowest BCUT2D eigenvalue weighted by Crippen LogP contribution is -2.43. The molecule has 4 aliphatic rings. The monoisotopic (exact) mass is 1590 g/mol. The van der Waals surface area contributed by atoms with Crippen LogP contribution in [-0.4, -0.2) is 51.1 Å². The average molecular weight is 1590 g/mol. The molecular formula is C109H120O10. The van der Waals surface area contributed by atoms with Crippen LogP contribution in [0.2, 0.25) is 0 Å². The molecule has 616 valence electrons. The molecule has 12 aromatic rings. The third kappa shape index (κ3) is 17.5. The number of aryl methyl sites for hydroxylation is 1. The Balaban J connectivity index is 0.000000147. The van der Waals surface area contributed by atoms with Crippen molar-refractivity contribution in [3.05, 3.63) is 369 Å². The van der Waals surface area contributed by atoms with Gasteiger partial charge in [0.1, 0.15) is 57.5 Å². The summed E-state index contributed by atoms with van der Waals surface area (Å²) in [5.41, 5.74) is 17.4. The van der Waals surface area contributed by atoms with E-state index in [1.165, 1.54) is 72.3 Å². The quantitative estimate of drug-likeness (QED) is 0.0418. The lowest BCUT2D eigenvalue weighted by Gasteiger charge is -2.51. The van der Waals surface area contributed by atoms with Crippen molar-refractivity contribution < 1.29 is 51.1 Å². The molecule has 4 fully saturated rings. The Kier molecular flexibility index (Phi) is 24.1. The summed E-state index contributed by atoms with van der Waals surface area (Å²) in [5.74, 6) is 5.37. The highest BCUT2D eigenvalue weighted by molar-refractivity contribution is 5.54. The van der Waals surface area contributed by atoms with Crippen LogP contribution >= 0.6 is 0 Å². The normalized spacial score (nSPS) is 17.2. The summed E-state index contributed by atoms with van der Waals surface area (Å²) in [5, 5.41) is 99.4. The summed E-state index contributed by atoms with van der Waals surface area (Å²) in [6.45, 7) is 20.7. The van der Waals surface area contributed by atoms with Gasteiger partial charge in [-0.3, -0.25) is 0 Å². The van der Waals surface area contributed by atoms with Crippen molar-refractivity contribution in [2.75, 3.05) is 0 Å². The highest BCUT2D eigenvalue weighted by Crippen LogP contribution is 2.59. The van der Waals surface area contributed by atoms with E-state index in [1.54, 1.807) is 121 Å². The summed E-state index contributed by atoms with van der Waals surface area (Å²) >= 11 is 0. The van der Waals surface area contributed by atoms with E-state index in [1.807, 2.05) is 24.3 Å². The molecule has 16 rings (SSSR count). The Labute approximate surface area is 704 Å². The van der Waals surface area contributed by atoms with E-state index < -0.39 is 0 Å². The van der Waals surface area contributed by atoms with Crippen LogP contribution < -0.4 is 0 Å². The minimum Gasteiger partial charge on any atom is -0.508 e. The average Bonchev–Trinajstić information content (AvgIpc) is 0.748. The standard InChI is InChI=1S/C39H44O4.C36H38O4.C34H38O2/c1-37(2,27-19-23-38(24-20-27,29-3-11-33(40)12-4-29)30-5-13-34(41)14-6-30)28-21-25-39(26-22-28,31-7-15-35(42)16-8-31)32-9-17-36(43)18-10-32;37-31-9-1-27(2-10-31)35(28-3-11-32(38)12-4-28)21-17-25(18-22-35)26-19-23-36(24-20-26,29-5-13-33(39)14-6-29)30-7-15-34(40)16-8-30;1-23-8-10-24(11-9-23)32(2,3)27-20-28(33(4,5)25-12-16-30(35)17-13-25)22-29(21-27)34(6,7)26-14-18-31(36)19-15-26/h3-18,27-28,40-43H,19-26H2,1-2H3;1-16,25-26,37-40H,17-24H2;8-22,35-36H,1-7H3. The third-order valence-corrected chi connectivity index (χ3v) is 29.6. The molecule has 0 bridgehead atoms. The first-order valence-electron chi connectivity index (χ1n) is 43.0. The van der Waals surface area contributed by atoms with E-state index in [2.05, 4.69) is 202 Å². The number of rotatable bonds is 17. The van der Waals surface area contributed by atoms with Gasteiger partial charge in [0, 0.05) is 37.9 Å². The van der Waals surface area contributed by atoms with Gasteiger partial charge in [-0.1, -0.05) is 225 Å². The predicted octanol–water partition coefficient (Wildman–Crippen LogP) is 25.7. The molecule has 0 saturated heterocycles. The van der Waals surface area contributed by atoms with Crippen LogP contribution in [0.15, 0.2) is 285 Å². The lowest BCUT2D eigenvalue weighted by molar-refractivity contribution is 0.0364. The Morgan fingerprint density at radius 3 is 0.529 bits per heavy atom. The first kappa shape index (κ1) is 84.1. The topological polar surface area (TPSA) is 202 Å². The van der Waals surface area contributed by atoms with E-state index in [0.717, 1.165) is 114 Å². The van der Waals surface area contributed by atoms with E-state index in [-0.39, 0.29) is 101 Å². The molecule has 0 unspecified atom stereocenters. The fourth-order valence-electron chi connectivity index (χ4n) is 21.4. The van der Waals surface area contributed by atoms with Crippen molar-refractivity contribution in [3.8, 4) is 57.5 Å². The Morgan fingerprint density at radius 1 is 0.202 bits per heavy atom. The Morgan fingerprint density at radius 2 is 0.353 bits per heavy atom. The number of benzene rings is 12. The van der Waals surface area contributed by atoms with Crippen LogP contribution in [0.25, 0.3) is 0 Å².